The van der Waals surface area contributed by atoms with Gasteiger partial charge in [-0.15, -0.1) is 0 Å². The van der Waals surface area contributed by atoms with Crippen molar-refractivity contribution in [2.75, 3.05) is 19.0 Å². The minimum absolute atomic E-state index is 0.123. The predicted molar refractivity (Wildman–Crippen MR) is 67.3 cm³/mol. The Morgan fingerprint density at radius 2 is 2.29 bits per heavy atom. The second-order valence-electron chi connectivity index (χ2n) is 3.45. The fourth-order valence-electron chi connectivity index (χ4n) is 1.51. The second kappa shape index (κ2) is 5.01. The summed E-state index contributed by atoms with van der Waals surface area (Å²) in [6, 6.07) is 7.23. The maximum absolute atomic E-state index is 11.1. The van der Waals surface area contributed by atoms with Crippen molar-refractivity contribution in [3.63, 3.8) is 0 Å². The number of methoxy groups -OCH3 is 1. The summed E-state index contributed by atoms with van der Waals surface area (Å²) in [5.41, 5.74) is 1.62. The number of benzene rings is 1. The molecule has 0 saturated carbocycles. The van der Waals surface area contributed by atoms with Gasteiger partial charge in [-0.05, 0) is 24.3 Å². The molecule has 0 unspecified atom stereocenters. The number of hydrogen-bond donors (Lipinski definition) is 1. The molecule has 4 nitrogen and oxygen atoms in total. The van der Waals surface area contributed by atoms with Gasteiger partial charge in [-0.2, -0.15) is 0 Å². The van der Waals surface area contributed by atoms with Gasteiger partial charge in [0.05, 0.1) is 12.6 Å². The summed E-state index contributed by atoms with van der Waals surface area (Å²) in [7, 11) is 1.36. The third kappa shape index (κ3) is 2.65. The molecule has 1 heterocycles. The van der Waals surface area contributed by atoms with Crippen LogP contribution in [0, 0.1) is 0 Å². The molecule has 0 atom stereocenters. The lowest BCUT2D eigenvalue weighted by molar-refractivity contribution is -0.138. The van der Waals surface area contributed by atoms with E-state index in [9.17, 15) is 4.79 Å². The molecule has 0 aliphatic carbocycles. The van der Waals surface area contributed by atoms with E-state index in [4.69, 9.17) is 11.6 Å². The highest BCUT2D eigenvalue weighted by Crippen LogP contribution is 2.24. The number of nitrogens with zero attached hydrogens (tertiary/aromatic N) is 1. The molecule has 0 bridgehead atoms. The zero-order chi connectivity index (χ0) is 12.3. The number of halogens is 1. The van der Waals surface area contributed by atoms with Crippen molar-refractivity contribution in [2.45, 2.75) is 0 Å². The SMILES string of the molecule is COC(=O)CNc1ccnc2cc(Cl)ccc12. The van der Waals surface area contributed by atoms with Crippen LogP contribution in [0.5, 0.6) is 0 Å². The normalized spacial score (nSPS) is 10.2. The quantitative estimate of drug-likeness (QED) is 0.851. The molecule has 0 amide bonds. The number of ether oxygens (including phenoxy) is 1. The summed E-state index contributed by atoms with van der Waals surface area (Å²) in [6.07, 6.45) is 1.66. The van der Waals surface area contributed by atoms with Crippen molar-refractivity contribution in [1.29, 1.82) is 0 Å². The molecule has 0 spiro atoms. The molecule has 0 aliphatic heterocycles. The monoisotopic (exact) mass is 250 g/mol. The van der Waals surface area contributed by atoms with Crippen LogP contribution in [0.15, 0.2) is 30.5 Å². The van der Waals surface area contributed by atoms with Crippen molar-refractivity contribution >= 4 is 34.2 Å². The zero-order valence-corrected chi connectivity index (χ0v) is 9.99. The van der Waals surface area contributed by atoms with Crippen molar-refractivity contribution in [1.82, 2.24) is 4.98 Å². The molecule has 88 valence electrons. The lowest BCUT2D eigenvalue weighted by Crippen LogP contribution is -2.15. The summed E-state index contributed by atoms with van der Waals surface area (Å²) >= 11 is 5.89. The lowest BCUT2D eigenvalue weighted by atomic mass is 10.2. The molecule has 2 rings (SSSR count). The van der Waals surface area contributed by atoms with E-state index in [1.807, 2.05) is 6.07 Å². The zero-order valence-electron chi connectivity index (χ0n) is 9.24. The summed E-state index contributed by atoms with van der Waals surface area (Å²) in [5.74, 6) is -0.316. The van der Waals surface area contributed by atoms with Gasteiger partial charge in [0.2, 0.25) is 0 Å². The van der Waals surface area contributed by atoms with Gasteiger partial charge in [0.25, 0.3) is 0 Å². The van der Waals surface area contributed by atoms with Crippen molar-refractivity contribution in [2.24, 2.45) is 0 Å². The molecule has 0 saturated heterocycles. The first-order chi connectivity index (χ1) is 8.20. The number of rotatable bonds is 3. The predicted octanol–water partition coefficient (Wildman–Crippen LogP) is 2.47. The van der Waals surface area contributed by atoms with Crippen LogP contribution in [-0.2, 0) is 9.53 Å². The average Bonchev–Trinajstić information content (AvgIpc) is 2.35. The molecule has 1 aromatic carbocycles. The Morgan fingerprint density at radius 1 is 1.47 bits per heavy atom. The van der Waals surface area contributed by atoms with E-state index in [0.717, 1.165) is 16.6 Å². The Bertz CT molecular complexity index is 557. The number of hydrogen-bond acceptors (Lipinski definition) is 4. The number of aromatic nitrogens is 1. The number of pyridine rings is 1. The Kier molecular flexibility index (Phi) is 3.44. The van der Waals surface area contributed by atoms with Gasteiger partial charge in [-0.3, -0.25) is 9.78 Å². The minimum Gasteiger partial charge on any atom is -0.468 e. The molecule has 1 N–H and O–H groups in total. The van der Waals surface area contributed by atoms with E-state index >= 15 is 0 Å². The number of esters is 1. The Hall–Kier alpha value is -1.81. The molecule has 2 aromatic rings. The third-order valence-electron chi connectivity index (χ3n) is 2.36. The summed E-state index contributed by atoms with van der Waals surface area (Å²) in [5, 5.41) is 4.55. The molecule has 17 heavy (non-hydrogen) atoms. The van der Waals surface area contributed by atoms with E-state index in [2.05, 4.69) is 15.0 Å². The highest BCUT2D eigenvalue weighted by molar-refractivity contribution is 6.31. The first-order valence-electron chi connectivity index (χ1n) is 5.05. The van der Waals surface area contributed by atoms with Crippen LogP contribution in [0.2, 0.25) is 5.02 Å². The lowest BCUT2D eigenvalue weighted by Gasteiger charge is -2.08. The molecular formula is C12H11ClN2O2. The smallest absolute Gasteiger partial charge is 0.325 e. The molecule has 1 aromatic heterocycles. The van der Waals surface area contributed by atoms with Crippen molar-refractivity contribution in [3.8, 4) is 0 Å². The Balaban J connectivity index is 2.31. The standard InChI is InChI=1S/C12H11ClN2O2/c1-17-12(16)7-15-10-4-5-14-11-6-8(13)2-3-9(10)11/h2-6H,7H2,1H3,(H,14,15). The molecule has 5 heteroatoms. The van der Waals surface area contributed by atoms with Crippen LogP contribution < -0.4 is 5.32 Å². The van der Waals surface area contributed by atoms with E-state index in [1.165, 1.54) is 7.11 Å². The van der Waals surface area contributed by atoms with Crippen LogP contribution in [0.4, 0.5) is 5.69 Å². The molecule has 0 radical (unpaired) electrons. The first-order valence-corrected chi connectivity index (χ1v) is 5.43. The second-order valence-corrected chi connectivity index (χ2v) is 3.89. The average molecular weight is 251 g/mol. The molecule has 0 aliphatic rings. The van der Waals surface area contributed by atoms with Crippen LogP contribution in [0.1, 0.15) is 0 Å². The summed E-state index contributed by atoms with van der Waals surface area (Å²) in [4.78, 5) is 15.3. The Morgan fingerprint density at radius 3 is 3.06 bits per heavy atom. The number of fused-ring (bicyclic) bond motifs is 1. The largest absolute Gasteiger partial charge is 0.468 e. The maximum Gasteiger partial charge on any atom is 0.325 e. The highest BCUT2D eigenvalue weighted by atomic mass is 35.5. The van der Waals surface area contributed by atoms with Crippen LogP contribution >= 0.6 is 11.6 Å². The fourth-order valence-corrected chi connectivity index (χ4v) is 1.68. The number of carbonyl (C=O) groups is 1. The van der Waals surface area contributed by atoms with E-state index < -0.39 is 0 Å². The van der Waals surface area contributed by atoms with Crippen LogP contribution in [-0.4, -0.2) is 24.6 Å². The van der Waals surface area contributed by atoms with Gasteiger partial charge in [-0.25, -0.2) is 0 Å². The van der Waals surface area contributed by atoms with Gasteiger partial charge in [0.1, 0.15) is 6.54 Å². The molecule has 0 fully saturated rings. The van der Waals surface area contributed by atoms with Crippen molar-refractivity contribution in [3.05, 3.63) is 35.5 Å². The van der Waals surface area contributed by atoms with Gasteiger partial charge in [-0.1, -0.05) is 11.6 Å². The van der Waals surface area contributed by atoms with Gasteiger partial charge in [0.15, 0.2) is 0 Å². The number of anilines is 1. The van der Waals surface area contributed by atoms with Gasteiger partial charge in [0, 0.05) is 22.3 Å². The van der Waals surface area contributed by atoms with Crippen LogP contribution in [0.3, 0.4) is 0 Å². The maximum atomic E-state index is 11.1. The number of carbonyl (C=O) groups excluding carboxylic acids is 1. The van der Waals surface area contributed by atoms with Crippen molar-refractivity contribution < 1.29 is 9.53 Å². The molecular weight excluding hydrogens is 240 g/mol. The fraction of sp³-hybridized carbons (Fsp3) is 0.167. The van der Waals surface area contributed by atoms with Gasteiger partial charge >= 0.3 is 5.97 Å². The van der Waals surface area contributed by atoms with E-state index in [-0.39, 0.29) is 12.5 Å². The summed E-state index contributed by atoms with van der Waals surface area (Å²) in [6.45, 7) is 0.123. The minimum atomic E-state index is -0.316. The topological polar surface area (TPSA) is 51.2 Å². The number of nitrogens with one attached hydrogen (secondary N) is 1. The highest BCUT2D eigenvalue weighted by Gasteiger charge is 2.04. The summed E-state index contributed by atoms with van der Waals surface area (Å²) < 4.78 is 4.56. The van der Waals surface area contributed by atoms with Crippen LogP contribution in [0.25, 0.3) is 10.9 Å². The van der Waals surface area contributed by atoms with E-state index in [1.54, 1.807) is 24.4 Å². The first kappa shape index (κ1) is 11.7. The Labute approximate surface area is 104 Å². The van der Waals surface area contributed by atoms with E-state index in [0.29, 0.717) is 5.02 Å². The van der Waals surface area contributed by atoms with Gasteiger partial charge < -0.3 is 10.1 Å². The third-order valence-corrected chi connectivity index (χ3v) is 2.59.